The van der Waals surface area contributed by atoms with Crippen LogP contribution in [0.5, 0.6) is 0 Å². The smallest absolute Gasteiger partial charge is 0.220 e. The molecular weight excluding hydrogens is 359 g/mol. The average Bonchev–Trinajstić information content (AvgIpc) is 3.13. The second-order valence-electron chi connectivity index (χ2n) is 6.12. The van der Waals surface area contributed by atoms with E-state index < -0.39 is 10.0 Å². The number of sulfonamides is 1. The van der Waals surface area contributed by atoms with Crippen LogP contribution < -0.4 is 4.90 Å². The first-order chi connectivity index (χ1) is 12.5. The molecule has 1 saturated heterocycles. The van der Waals surface area contributed by atoms with Crippen LogP contribution in [0.1, 0.15) is 5.69 Å². The summed E-state index contributed by atoms with van der Waals surface area (Å²) >= 11 is 0. The van der Waals surface area contributed by atoms with Gasteiger partial charge in [0.1, 0.15) is 17.8 Å². The molecular formula is C17H17FN4O3S. The summed E-state index contributed by atoms with van der Waals surface area (Å²) in [5.74, 6) is -0.494. The number of piperazine rings is 1. The number of hydrogen-bond donors (Lipinski definition) is 0. The molecule has 26 heavy (non-hydrogen) atoms. The molecule has 1 fully saturated rings. The summed E-state index contributed by atoms with van der Waals surface area (Å²) in [6, 6.07) is 7.94. The molecule has 1 aromatic carbocycles. The Bertz CT molecular complexity index is 1020. The quantitative estimate of drug-likeness (QED) is 0.693. The Hall–Kier alpha value is -2.52. The molecule has 0 bridgehead atoms. The van der Waals surface area contributed by atoms with Crippen molar-refractivity contribution >= 4 is 26.6 Å². The Labute approximate surface area is 150 Å². The van der Waals surface area contributed by atoms with E-state index >= 15 is 0 Å². The second-order valence-corrected chi connectivity index (χ2v) is 8.09. The molecule has 1 aliphatic heterocycles. The lowest BCUT2D eigenvalue weighted by Crippen LogP contribution is -2.49. The topological polar surface area (TPSA) is 79.5 Å². The van der Waals surface area contributed by atoms with E-state index in [1.165, 1.54) is 22.7 Å². The zero-order chi connectivity index (χ0) is 18.1. The SMILES string of the molecule is O=S(=O)(Cc1ccon1)N1CCN(c2ccnc3cc(F)ccc23)CC1. The summed E-state index contributed by atoms with van der Waals surface area (Å²) in [6.07, 6.45) is 3.00. The molecule has 0 radical (unpaired) electrons. The molecule has 3 aromatic rings. The van der Waals surface area contributed by atoms with Gasteiger partial charge in [-0.2, -0.15) is 4.31 Å². The Morgan fingerprint density at radius 3 is 2.65 bits per heavy atom. The fraction of sp³-hybridized carbons (Fsp3) is 0.294. The van der Waals surface area contributed by atoms with Crippen molar-refractivity contribution < 1.29 is 17.3 Å². The Balaban J connectivity index is 1.50. The Morgan fingerprint density at radius 1 is 1.12 bits per heavy atom. The van der Waals surface area contributed by atoms with Crippen LogP contribution in [0, 0.1) is 5.82 Å². The average molecular weight is 376 g/mol. The van der Waals surface area contributed by atoms with E-state index in [4.69, 9.17) is 4.52 Å². The summed E-state index contributed by atoms with van der Waals surface area (Å²) in [6.45, 7) is 1.86. The molecule has 3 heterocycles. The number of halogens is 1. The molecule has 136 valence electrons. The van der Waals surface area contributed by atoms with Crippen molar-refractivity contribution in [3.05, 3.63) is 54.3 Å². The minimum Gasteiger partial charge on any atom is -0.368 e. The van der Waals surface area contributed by atoms with E-state index in [9.17, 15) is 12.8 Å². The van der Waals surface area contributed by atoms with Gasteiger partial charge in [0.2, 0.25) is 10.0 Å². The zero-order valence-electron chi connectivity index (χ0n) is 13.9. The summed E-state index contributed by atoms with van der Waals surface area (Å²) in [7, 11) is -3.44. The maximum atomic E-state index is 13.4. The summed E-state index contributed by atoms with van der Waals surface area (Å²) < 4.78 is 44.6. The van der Waals surface area contributed by atoms with Crippen LogP contribution in [0.25, 0.3) is 10.9 Å². The number of aromatic nitrogens is 2. The minimum absolute atomic E-state index is 0.166. The van der Waals surface area contributed by atoms with Gasteiger partial charge in [0, 0.05) is 55.6 Å². The summed E-state index contributed by atoms with van der Waals surface area (Å²) in [5, 5.41) is 4.53. The van der Waals surface area contributed by atoms with Crippen LogP contribution in [0.15, 0.2) is 47.3 Å². The maximum Gasteiger partial charge on any atom is 0.220 e. The predicted molar refractivity (Wildman–Crippen MR) is 94.6 cm³/mol. The number of nitrogens with zero attached hydrogens (tertiary/aromatic N) is 4. The van der Waals surface area contributed by atoms with Gasteiger partial charge in [-0.25, -0.2) is 12.8 Å². The zero-order valence-corrected chi connectivity index (χ0v) is 14.7. The number of anilines is 1. The van der Waals surface area contributed by atoms with E-state index in [2.05, 4.69) is 15.0 Å². The largest absolute Gasteiger partial charge is 0.368 e. The van der Waals surface area contributed by atoms with E-state index in [0.29, 0.717) is 37.4 Å². The Kier molecular flexibility index (Phi) is 4.33. The number of rotatable bonds is 4. The molecule has 9 heteroatoms. The van der Waals surface area contributed by atoms with Crippen molar-refractivity contribution in [2.75, 3.05) is 31.1 Å². The summed E-state index contributed by atoms with van der Waals surface area (Å²) in [5.41, 5.74) is 1.92. The van der Waals surface area contributed by atoms with Crippen LogP contribution in [0.3, 0.4) is 0 Å². The number of hydrogen-bond acceptors (Lipinski definition) is 6. The molecule has 0 unspecified atom stereocenters. The molecule has 1 aliphatic rings. The van der Waals surface area contributed by atoms with Gasteiger partial charge in [0.05, 0.1) is 11.2 Å². The first kappa shape index (κ1) is 16.9. The molecule has 2 aromatic heterocycles. The first-order valence-electron chi connectivity index (χ1n) is 8.19. The minimum atomic E-state index is -3.44. The van der Waals surface area contributed by atoms with Crippen molar-refractivity contribution in [2.24, 2.45) is 0 Å². The number of pyridine rings is 1. The highest BCUT2D eigenvalue weighted by Crippen LogP contribution is 2.27. The lowest BCUT2D eigenvalue weighted by molar-refractivity contribution is 0.382. The molecule has 0 atom stereocenters. The van der Waals surface area contributed by atoms with Crippen molar-refractivity contribution in [2.45, 2.75) is 5.75 Å². The van der Waals surface area contributed by atoms with Gasteiger partial charge in [0.25, 0.3) is 0 Å². The van der Waals surface area contributed by atoms with Crippen LogP contribution in [-0.4, -0.2) is 49.0 Å². The standard InChI is InChI=1S/C17H17FN4O3S/c18-13-1-2-15-16(11-13)19-5-3-17(15)21-6-8-22(9-7-21)26(23,24)12-14-4-10-25-20-14/h1-5,10-11H,6-9,12H2. The molecule has 0 saturated carbocycles. The van der Waals surface area contributed by atoms with Crippen LogP contribution >= 0.6 is 0 Å². The van der Waals surface area contributed by atoms with Gasteiger partial charge in [-0.3, -0.25) is 4.98 Å². The van der Waals surface area contributed by atoms with Crippen LogP contribution in [-0.2, 0) is 15.8 Å². The highest BCUT2D eigenvalue weighted by Gasteiger charge is 2.28. The molecule has 7 nitrogen and oxygen atoms in total. The third kappa shape index (κ3) is 3.27. The summed E-state index contributed by atoms with van der Waals surface area (Å²) in [4.78, 5) is 6.31. The van der Waals surface area contributed by atoms with Crippen molar-refractivity contribution in [3.8, 4) is 0 Å². The van der Waals surface area contributed by atoms with Gasteiger partial charge in [-0.05, 0) is 18.2 Å². The highest BCUT2D eigenvalue weighted by atomic mass is 32.2. The highest BCUT2D eigenvalue weighted by molar-refractivity contribution is 7.88. The van der Waals surface area contributed by atoms with Gasteiger partial charge in [-0.15, -0.1) is 0 Å². The van der Waals surface area contributed by atoms with Gasteiger partial charge < -0.3 is 9.42 Å². The van der Waals surface area contributed by atoms with Crippen molar-refractivity contribution in [1.29, 1.82) is 0 Å². The molecule has 4 rings (SSSR count). The van der Waals surface area contributed by atoms with Gasteiger partial charge in [0.15, 0.2) is 0 Å². The monoisotopic (exact) mass is 376 g/mol. The molecule has 0 aliphatic carbocycles. The molecule has 0 spiro atoms. The predicted octanol–water partition coefficient (Wildman–Crippen LogP) is 2.01. The van der Waals surface area contributed by atoms with Crippen LogP contribution in [0.4, 0.5) is 10.1 Å². The lowest BCUT2D eigenvalue weighted by atomic mass is 10.1. The van der Waals surface area contributed by atoms with Crippen molar-refractivity contribution in [3.63, 3.8) is 0 Å². The second kappa shape index (κ2) is 6.65. The normalized spacial score (nSPS) is 16.3. The fourth-order valence-corrected chi connectivity index (χ4v) is 4.60. The first-order valence-corrected chi connectivity index (χ1v) is 9.80. The van der Waals surface area contributed by atoms with Crippen LogP contribution in [0.2, 0.25) is 0 Å². The van der Waals surface area contributed by atoms with E-state index in [1.54, 1.807) is 18.3 Å². The number of benzene rings is 1. The lowest BCUT2D eigenvalue weighted by Gasteiger charge is -2.35. The Morgan fingerprint density at radius 2 is 1.92 bits per heavy atom. The van der Waals surface area contributed by atoms with E-state index in [1.807, 2.05) is 6.07 Å². The number of fused-ring (bicyclic) bond motifs is 1. The van der Waals surface area contributed by atoms with E-state index in [-0.39, 0.29) is 11.6 Å². The fourth-order valence-electron chi connectivity index (χ4n) is 3.18. The molecule has 0 N–H and O–H groups in total. The maximum absolute atomic E-state index is 13.4. The van der Waals surface area contributed by atoms with E-state index in [0.717, 1.165) is 11.1 Å². The third-order valence-electron chi connectivity index (χ3n) is 4.48. The third-order valence-corrected chi connectivity index (χ3v) is 6.29. The van der Waals surface area contributed by atoms with Gasteiger partial charge >= 0.3 is 0 Å². The van der Waals surface area contributed by atoms with Crippen molar-refractivity contribution in [1.82, 2.24) is 14.4 Å². The molecule has 0 amide bonds. The van der Waals surface area contributed by atoms with Gasteiger partial charge in [-0.1, -0.05) is 5.16 Å².